The van der Waals surface area contributed by atoms with Crippen molar-refractivity contribution in [3.63, 3.8) is 0 Å². The summed E-state index contributed by atoms with van der Waals surface area (Å²) in [6.07, 6.45) is 1.57. The van der Waals surface area contributed by atoms with E-state index in [0.29, 0.717) is 5.56 Å². The highest BCUT2D eigenvalue weighted by atomic mass is 16.5. The van der Waals surface area contributed by atoms with Gasteiger partial charge in [0, 0.05) is 38.9 Å². The second-order valence-electron chi connectivity index (χ2n) is 6.35. The average Bonchev–Trinajstić information content (AvgIpc) is 2.73. The van der Waals surface area contributed by atoms with Gasteiger partial charge in [0.2, 0.25) is 0 Å². The zero-order valence-corrected chi connectivity index (χ0v) is 16.0. The lowest BCUT2D eigenvalue weighted by Crippen LogP contribution is -2.46. The number of aromatic nitrogens is 1. The molecule has 1 aromatic carbocycles. The maximum Gasteiger partial charge on any atom is 0.339 e. The summed E-state index contributed by atoms with van der Waals surface area (Å²) in [5.74, 6) is 2.01. The van der Waals surface area contributed by atoms with E-state index in [2.05, 4.69) is 20.9 Å². The minimum absolute atomic E-state index is 0.367. The summed E-state index contributed by atoms with van der Waals surface area (Å²) in [4.78, 5) is 20.5. The van der Waals surface area contributed by atoms with Crippen LogP contribution in [0.3, 0.4) is 0 Å². The van der Waals surface area contributed by atoms with Crippen LogP contribution in [0.1, 0.15) is 15.9 Å². The molecule has 0 radical (unpaired) electrons. The minimum Gasteiger partial charge on any atom is -0.493 e. The number of methoxy groups -OCH3 is 3. The molecule has 2 heterocycles. The van der Waals surface area contributed by atoms with Crippen LogP contribution in [0, 0.1) is 0 Å². The summed E-state index contributed by atoms with van der Waals surface area (Å²) in [7, 11) is 4.66. The molecule has 3 rings (SSSR count). The summed E-state index contributed by atoms with van der Waals surface area (Å²) in [6.45, 7) is 4.52. The van der Waals surface area contributed by atoms with Crippen molar-refractivity contribution in [3.8, 4) is 11.5 Å². The van der Waals surface area contributed by atoms with Crippen LogP contribution >= 0.6 is 0 Å². The highest BCUT2D eigenvalue weighted by Gasteiger charge is 2.19. The number of piperazine rings is 1. The molecule has 0 N–H and O–H groups in total. The lowest BCUT2D eigenvalue weighted by Gasteiger charge is -2.35. The van der Waals surface area contributed by atoms with Crippen molar-refractivity contribution in [2.45, 2.75) is 6.54 Å². The summed E-state index contributed by atoms with van der Waals surface area (Å²) in [5, 5.41) is 0. The largest absolute Gasteiger partial charge is 0.493 e. The van der Waals surface area contributed by atoms with Gasteiger partial charge in [0.25, 0.3) is 0 Å². The Hall–Kier alpha value is -2.80. The predicted octanol–water partition coefficient (Wildman–Crippen LogP) is 2.21. The van der Waals surface area contributed by atoms with E-state index in [0.717, 1.165) is 50.0 Å². The van der Waals surface area contributed by atoms with E-state index in [1.165, 1.54) is 12.7 Å². The van der Waals surface area contributed by atoms with Crippen molar-refractivity contribution < 1.29 is 19.0 Å². The molecule has 0 unspecified atom stereocenters. The van der Waals surface area contributed by atoms with Crippen LogP contribution in [0.15, 0.2) is 36.5 Å². The second kappa shape index (κ2) is 8.73. The zero-order valence-electron chi connectivity index (χ0n) is 16.0. The molecular formula is C20H25N3O4. The molecule has 144 valence electrons. The van der Waals surface area contributed by atoms with Crippen LogP contribution in [0.5, 0.6) is 11.5 Å². The molecule has 1 fully saturated rings. The first-order valence-corrected chi connectivity index (χ1v) is 8.87. The van der Waals surface area contributed by atoms with Gasteiger partial charge in [-0.25, -0.2) is 9.78 Å². The Bertz CT molecular complexity index is 771. The summed E-state index contributed by atoms with van der Waals surface area (Å²) in [6, 6.07) is 9.66. The van der Waals surface area contributed by atoms with Gasteiger partial charge in [0.15, 0.2) is 11.5 Å². The molecule has 7 heteroatoms. The van der Waals surface area contributed by atoms with Gasteiger partial charge in [-0.1, -0.05) is 6.07 Å². The van der Waals surface area contributed by atoms with Gasteiger partial charge >= 0.3 is 5.97 Å². The van der Waals surface area contributed by atoms with Crippen molar-refractivity contribution in [1.29, 1.82) is 0 Å². The topological polar surface area (TPSA) is 64.1 Å². The van der Waals surface area contributed by atoms with Crippen LogP contribution in [0.2, 0.25) is 0 Å². The third kappa shape index (κ3) is 4.49. The number of anilines is 1. The molecule has 0 aliphatic carbocycles. The molecule has 1 aliphatic rings. The van der Waals surface area contributed by atoms with Crippen molar-refractivity contribution in [2.24, 2.45) is 0 Å². The highest BCUT2D eigenvalue weighted by molar-refractivity contribution is 5.89. The molecule has 2 aromatic rings. The number of pyridine rings is 1. The average molecular weight is 371 g/mol. The van der Waals surface area contributed by atoms with Crippen LogP contribution in [-0.4, -0.2) is 63.4 Å². The highest BCUT2D eigenvalue weighted by Crippen LogP contribution is 2.28. The van der Waals surface area contributed by atoms with Crippen molar-refractivity contribution in [2.75, 3.05) is 52.4 Å². The van der Waals surface area contributed by atoms with E-state index in [4.69, 9.17) is 14.2 Å². The van der Waals surface area contributed by atoms with E-state index >= 15 is 0 Å². The number of rotatable bonds is 6. The number of hydrogen-bond acceptors (Lipinski definition) is 7. The molecule has 1 saturated heterocycles. The fourth-order valence-electron chi connectivity index (χ4n) is 3.18. The molecule has 1 aliphatic heterocycles. The Morgan fingerprint density at radius 3 is 2.33 bits per heavy atom. The molecule has 0 spiro atoms. The van der Waals surface area contributed by atoms with Crippen molar-refractivity contribution in [3.05, 3.63) is 47.7 Å². The lowest BCUT2D eigenvalue weighted by atomic mass is 10.1. The number of hydrogen-bond donors (Lipinski definition) is 0. The van der Waals surface area contributed by atoms with Crippen LogP contribution in [-0.2, 0) is 11.3 Å². The number of ether oxygens (including phenoxy) is 3. The molecular weight excluding hydrogens is 346 g/mol. The Morgan fingerprint density at radius 1 is 1.00 bits per heavy atom. The second-order valence-corrected chi connectivity index (χ2v) is 6.35. The standard InChI is InChI=1S/C20H25N3O4/c1-25-17-6-4-15(12-18(17)26-2)14-22-8-10-23(11-9-22)19-7-5-16(13-21-19)20(24)27-3/h4-7,12-13H,8-11,14H2,1-3H3. The number of nitrogens with zero attached hydrogens (tertiary/aromatic N) is 3. The van der Waals surface area contributed by atoms with E-state index in [1.54, 1.807) is 26.5 Å². The molecule has 27 heavy (non-hydrogen) atoms. The van der Waals surface area contributed by atoms with Crippen LogP contribution < -0.4 is 14.4 Å². The molecule has 0 amide bonds. The van der Waals surface area contributed by atoms with Gasteiger partial charge in [-0.15, -0.1) is 0 Å². The summed E-state index contributed by atoms with van der Waals surface area (Å²) < 4.78 is 15.4. The van der Waals surface area contributed by atoms with Crippen LogP contribution in [0.4, 0.5) is 5.82 Å². The molecule has 0 bridgehead atoms. The van der Waals surface area contributed by atoms with Gasteiger partial charge in [0.05, 0.1) is 26.9 Å². The van der Waals surface area contributed by atoms with Gasteiger partial charge in [-0.2, -0.15) is 0 Å². The maximum absolute atomic E-state index is 11.5. The first-order chi connectivity index (χ1) is 13.1. The minimum atomic E-state index is -0.367. The normalized spacial score (nSPS) is 14.7. The number of carbonyl (C=O) groups is 1. The monoisotopic (exact) mass is 371 g/mol. The zero-order chi connectivity index (χ0) is 19.2. The van der Waals surface area contributed by atoms with E-state index in [-0.39, 0.29) is 5.97 Å². The van der Waals surface area contributed by atoms with Crippen LogP contribution in [0.25, 0.3) is 0 Å². The van der Waals surface area contributed by atoms with E-state index < -0.39 is 0 Å². The SMILES string of the molecule is COC(=O)c1ccc(N2CCN(Cc3ccc(OC)c(OC)c3)CC2)nc1. The number of benzene rings is 1. The van der Waals surface area contributed by atoms with E-state index in [1.807, 2.05) is 18.2 Å². The Balaban J connectivity index is 1.56. The van der Waals surface area contributed by atoms with Gasteiger partial charge in [-0.05, 0) is 29.8 Å². The number of esters is 1. The molecule has 0 saturated carbocycles. The third-order valence-corrected chi connectivity index (χ3v) is 4.72. The van der Waals surface area contributed by atoms with E-state index in [9.17, 15) is 4.79 Å². The fraction of sp³-hybridized carbons (Fsp3) is 0.400. The Morgan fingerprint density at radius 2 is 1.74 bits per heavy atom. The lowest BCUT2D eigenvalue weighted by molar-refractivity contribution is 0.0600. The third-order valence-electron chi connectivity index (χ3n) is 4.72. The van der Waals surface area contributed by atoms with Crippen molar-refractivity contribution in [1.82, 2.24) is 9.88 Å². The Kier molecular flexibility index (Phi) is 6.13. The quantitative estimate of drug-likeness (QED) is 0.722. The first kappa shape index (κ1) is 19.0. The van der Waals surface area contributed by atoms with Gasteiger partial charge in [0.1, 0.15) is 5.82 Å². The fourth-order valence-corrected chi connectivity index (χ4v) is 3.18. The van der Waals surface area contributed by atoms with Crippen molar-refractivity contribution >= 4 is 11.8 Å². The summed E-state index contributed by atoms with van der Waals surface area (Å²) in [5.41, 5.74) is 1.66. The van der Waals surface area contributed by atoms with Gasteiger partial charge in [-0.3, -0.25) is 4.90 Å². The molecule has 1 aromatic heterocycles. The van der Waals surface area contributed by atoms with Gasteiger partial charge < -0.3 is 19.1 Å². The predicted molar refractivity (Wildman–Crippen MR) is 103 cm³/mol. The number of carbonyl (C=O) groups excluding carboxylic acids is 1. The first-order valence-electron chi connectivity index (χ1n) is 8.87. The molecule has 0 atom stereocenters. The Labute approximate surface area is 159 Å². The molecule has 7 nitrogen and oxygen atoms in total. The summed E-state index contributed by atoms with van der Waals surface area (Å²) >= 11 is 0. The smallest absolute Gasteiger partial charge is 0.339 e. The maximum atomic E-state index is 11.5.